The molecular weight excluding hydrogens is 284 g/mol. The summed E-state index contributed by atoms with van der Waals surface area (Å²) in [5.74, 6) is 0. The molecule has 0 saturated carbocycles. The first-order valence-electron chi connectivity index (χ1n) is 7.50. The molecule has 0 spiro atoms. The van der Waals surface area contributed by atoms with Crippen molar-refractivity contribution in [3.63, 3.8) is 0 Å². The summed E-state index contributed by atoms with van der Waals surface area (Å²) in [6.07, 6.45) is 2.02. The minimum atomic E-state index is -2.53. The molecule has 2 N–H and O–H groups in total. The predicted octanol–water partition coefficient (Wildman–Crippen LogP) is 2.69. The summed E-state index contributed by atoms with van der Waals surface area (Å²) in [6, 6.07) is 11.0. The third kappa shape index (κ3) is 7.06. The molecule has 0 atom stereocenters. The molecule has 0 saturated heterocycles. The number of hydrogen-bond donors (Lipinski definition) is 2. The lowest BCUT2D eigenvalue weighted by molar-refractivity contribution is 0.0899. The van der Waals surface area contributed by atoms with Crippen LogP contribution in [0.2, 0.25) is 6.04 Å². The summed E-state index contributed by atoms with van der Waals surface area (Å²) in [7, 11) is 0.800. The maximum Gasteiger partial charge on any atom is 0.501 e. The van der Waals surface area contributed by atoms with Crippen LogP contribution in [0.4, 0.5) is 5.69 Å². The lowest BCUT2D eigenvalue weighted by Gasteiger charge is -2.26. The number of hydrogen-bond acceptors (Lipinski definition) is 5. The molecule has 1 aromatic carbocycles. The Balaban J connectivity index is 2.29. The van der Waals surface area contributed by atoms with Gasteiger partial charge in [0, 0.05) is 32.5 Å². The van der Waals surface area contributed by atoms with E-state index in [2.05, 4.69) is 29.7 Å². The van der Waals surface area contributed by atoms with E-state index in [1.54, 1.807) is 14.2 Å². The summed E-state index contributed by atoms with van der Waals surface area (Å²) in [5, 5.41) is 6.59. The Labute approximate surface area is 129 Å². The van der Waals surface area contributed by atoms with Gasteiger partial charge < -0.3 is 18.6 Å². The van der Waals surface area contributed by atoms with Gasteiger partial charge in [-0.2, -0.15) is 0 Å². The van der Waals surface area contributed by atoms with E-state index in [9.17, 15) is 0 Å². The van der Waals surface area contributed by atoms with E-state index < -0.39 is 8.80 Å². The van der Waals surface area contributed by atoms with Crippen LogP contribution in [0.5, 0.6) is 0 Å². The lowest BCUT2D eigenvalue weighted by Crippen LogP contribution is -2.46. The molecule has 0 radical (unpaired) electrons. The van der Waals surface area contributed by atoms with Crippen LogP contribution >= 0.6 is 0 Å². The largest absolute Gasteiger partial charge is 0.501 e. The fourth-order valence-electron chi connectivity index (χ4n) is 1.98. The maximum atomic E-state index is 5.84. The summed E-state index contributed by atoms with van der Waals surface area (Å²) in [5.41, 5.74) is 1.13. The van der Waals surface area contributed by atoms with E-state index >= 15 is 0 Å². The van der Waals surface area contributed by atoms with Gasteiger partial charge in [0.1, 0.15) is 0 Å². The molecule has 0 aliphatic rings. The van der Waals surface area contributed by atoms with Gasteiger partial charge in [0.25, 0.3) is 0 Å². The summed E-state index contributed by atoms with van der Waals surface area (Å²) in [4.78, 5) is 0. The molecule has 21 heavy (non-hydrogen) atoms. The van der Waals surface area contributed by atoms with Crippen molar-refractivity contribution in [1.29, 1.82) is 0 Å². The molecule has 6 heteroatoms. The molecule has 5 nitrogen and oxygen atoms in total. The summed E-state index contributed by atoms with van der Waals surface area (Å²) >= 11 is 0. The molecule has 0 aliphatic carbocycles. The minimum Gasteiger partial charge on any atom is -0.385 e. The Hall–Kier alpha value is -0.923. The molecule has 0 aromatic heterocycles. The Morgan fingerprint density at radius 2 is 1.76 bits per heavy atom. The van der Waals surface area contributed by atoms with E-state index in [1.807, 2.05) is 18.2 Å². The zero-order valence-electron chi connectivity index (χ0n) is 13.4. The van der Waals surface area contributed by atoms with E-state index in [0.717, 1.165) is 37.7 Å². The predicted molar refractivity (Wildman–Crippen MR) is 88.4 cm³/mol. The molecule has 0 aliphatic heterocycles. The zero-order chi connectivity index (χ0) is 15.4. The van der Waals surface area contributed by atoms with Gasteiger partial charge in [0.15, 0.2) is 0 Å². The average Bonchev–Trinajstić information content (AvgIpc) is 2.55. The Morgan fingerprint density at radius 3 is 2.38 bits per heavy atom. The van der Waals surface area contributed by atoms with Gasteiger partial charge in [-0.1, -0.05) is 25.1 Å². The normalized spacial score (nSPS) is 11.6. The lowest BCUT2D eigenvalue weighted by atomic mass is 10.3. The first kappa shape index (κ1) is 18.1. The van der Waals surface area contributed by atoms with Crippen molar-refractivity contribution in [3.05, 3.63) is 30.3 Å². The first-order valence-corrected chi connectivity index (χ1v) is 9.43. The van der Waals surface area contributed by atoms with E-state index in [1.165, 1.54) is 0 Å². The highest BCUT2D eigenvalue weighted by Gasteiger charge is 2.38. The second kappa shape index (κ2) is 10.8. The van der Waals surface area contributed by atoms with Gasteiger partial charge in [0.05, 0.1) is 6.73 Å². The van der Waals surface area contributed by atoms with Crippen LogP contribution in [0, 0.1) is 0 Å². The van der Waals surface area contributed by atoms with Crippen molar-refractivity contribution in [2.45, 2.75) is 25.8 Å². The third-order valence-electron chi connectivity index (χ3n) is 3.21. The standard InChI is InChI=1S/C15H28N2O3Si/c1-4-11-16-14-20-21(18-2,19-3)13-8-12-17-15-9-6-5-7-10-15/h5-7,9-10,16-17H,4,8,11-14H2,1-3H3. The fourth-order valence-corrected chi connectivity index (χ4v) is 3.87. The molecule has 0 heterocycles. The quantitative estimate of drug-likeness (QED) is 0.353. The van der Waals surface area contributed by atoms with Crippen LogP contribution < -0.4 is 10.6 Å². The van der Waals surface area contributed by atoms with E-state index in [0.29, 0.717) is 6.73 Å². The molecule has 120 valence electrons. The monoisotopic (exact) mass is 312 g/mol. The number of anilines is 1. The van der Waals surface area contributed by atoms with Gasteiger partial charge in [0.2, 0.25) is 0 Å². The van der Waals surface area contributed by atoms with Crippen molar-refractivity contribution in [1.82, 2.24) is 5.32 Å². The number of benzene rings is 1. The molecule has 0 fully saturated rings. The molecule has 0 unspecified atom stereocenters. The molecule has 0 amide bonds. The van der Waals surface area contributed by atoms with Gasteiger partial charge in [-0.3, -0.25) is 5.32 Å². The van der Waals surface area contributed by atoms with Crippen molar-refractivity contribution in [2.75, 3.05) is 39.4 Å². The SMILES string of the molecule is CCCNCO[Si](CCCNc1ccccc1)(OC)OC. The van der Waals surface area contributed by atoms with E-state index in [4.69, 9.17) is 13.3 Å². The third-order valence-corrected chi connectivity index (χ3v) is 6.00. The highest BCUT2D eigenvalue weighted by molar-refractivity contribution is 6.60. The van der Waals surface area contributed by atoms with Gasteiger partial charge >= 0.3 is 8.80 Å². The van der Waals surface area contributed by atoms with Crippen LogP contribution in [0.25, 0.3) is 0 Å². The van der Waals surface area contributed by atoms with Crippen molar-refractivity contribution < 1.29 is 13.3 Å². The Kier molecular flexibility index (Phi) is 9.28. The number of nitrogens with one attached hydrogen (secondary N) is 2. The van der Waals surface area contributed by atoms with E-state index in [-0.39, 0.29) is 0 Å². The summed E-state index contributed by atoms with van der Waals surface area (Å²) < 4.78 is 16.9. The highest BCUT2D eigenvalue weighted by atomic mass is 28.4. The smallest absolute Gasteiger partial charge is 0.385 e. The van der Waals surface area contributed by atoms with Gasteiger partial charge in [-0.25, -0.2) is 0 Å². The average molecular weight is 312 g/mol. The van der Waals surface area contributed by atoms with Gasteiger partial charge in [-0.05, 0) is 31.5 Å². The molecular formula is C15H28N2O3Si. The Morgan fingerprint density at radius 1 is 1.05 bits per heavy atom. The van der Waals surface area contributed by atoms with Crippen LogP contribution in [0.3, 0.4) is 0 Å². The van der Waals surface area contributed by atoms with Crippen LogP contribution in [0.15, 0.2) is 30.3 Å². The molecule has 0 bridgehead atoms. The zero-order valence-corrected chi connectivity index (χ0v) is 14.4. The molecule has 1 rings (SSSR count). The van der Waals surface area contributed by atoms with Crippen molar-refractivity contribution in [3.8, 4) is 0 Å². The number of rotatable bonds is 12. The van der Waals surface area contributed by atoms with Crippen LogP contribution in [-0.2, 0) is 13.3 Å². The van der Waals surface area contributed by atoms with Crippen molar-refractivity contribution in [2.24, 2.45) is 0 Å². The van der Waals surface area contributed by atoms with Crippen molar-refractivity contribution >= 4 is 14.5 Å². The second-order valence-corrected chi connectivity index (χ2v) is 7.75. The van der Waals surface area contributed by atoms with Crippen LogP contribution in [-0.4, -0.2) is 42.8 Å². The summed E-state index contributed by atoms with van der Waals surface area (Å²) in [6.45, 7) is 4.41. The van der Waals surface area contributed by atoms with Crippen LogP contribution in [0.1, 0.15) is 19.8 Å². The Bertz CT molecular complexity index is 361. The maximum absolute atomic E-state index is 5.84. The fraction of sp³-hybridized carbons (Fsp3) is 0.600. The second-order valence-electron chi connectivity index (χ2n) is 4.78. The highest BCUT2D eigenvalue weighted by Crippen LogP contribution is 2.16. The minimum absolute atomic E-state index is 0.480. The molecule has 1 aromatic rings. The van der Waals surface area contributed by atoms with Gasteiger partial charge in [-0.15, -0.1) is 0 Å². The first-order chi connectivity index (χ1) is 10.3. The topological polar surface area (TPSA) is 51.8 Å². The number of para-hydroxylation sites is 1.